The van der Waals surface area contributed by atoms with Gasteiger partial charge >= 0.3 is 0 Å². The van der Waals surface area contributed by atoms with Gasteiger partial charge in [-0.2, -0.15) is 9.49 Å². The predicted molar refractivity (Wildman–Crippen MR) is 140 cm³/mol. The number of nitrogen functional groups attached to an aromatic ring is 1. The van der Waals surface area contributed by atoms with Crippen molar-refractivity contribution in [3.05, 3.63) is 113 Å². The van der Waals surface area contributed by atoms with Gasteiger partial charge in [0.25, 0.3) is 0 Å². The molecule has 0 aliphatic heterocycles. The molecule has 1 aliphatic rings. The number of nitrogens with two attached hydrogens (primary N) is 1. The first-order valence-corrected chi connectivity index (χ1v) is 11.7. The summed E-state index contributed by atoms with van der Waals surface area (Å²) in [5, 5.41) is 14.3. The first-order valence-electron chi connectivity index (χ1n) is 11.7. The molecule has 0 saturated heterocycles. The van der Waals surface area contributed by atoms with E-state index in [4.69, 9.17) is 11.1 Å². The van der Waals surface area contributed by atoms with Crippen LogP contribution in [0.15, 0.2) is 79.1 Å². The third-order valence-electron chi connectivity index (χ3n) is 6.51. The van der Waals surface area contributed by atoms with Gasteiger partial charge in [-0.15, -0.1) is 0 Å². The van der Waals surface area contributed by atoms with E-state index in [1.54, 1.807) is 12.1 Å². The van der Waals surface area contributed by atoms with Crippen LogP contribution in [-0.4, -0.2) is 21.1 Å². The minimum absolute atomic E-state index is 0.118. The van der Waals surface area contributed by atoms with E-state index < -0.39 is 5.97 Å². The van der Waals surface area contributed by atoms with Crippen LogP contribution >= 0.6 is 0 Å². The van der Waals surface area contributed by atoms with Gasteiger partial charge in [0.2, 0.25) is 5.97 Å². The molecule has 1 aromatic heterocycles. The Morgan fingerprint density at radius 2 is 1.69 bits per heavy atom. The lowest BCUT2D eigenvalue weighted by molar-refractivity contribution is 0.401. The number of halogens is 1. The number of nitrogens with zero attached hydrogens (tertiary/aromatic N) is 2. The summed E-state index contributed by atoms with van der Waals surface area (Å²) in [6, 6.07) is 24.0. The zero-order valence-corrected chi connectivity index (χ0v) is 19.2. The van der Waals surface area contributed by atoms with Crippen molar-refractivity contribution in [3.8, 4) is 0 Å². The van der Waals surface area contributed by atoms with Crippen LogP contribution in [0.1, 0.15) is 52.9 Å². The molecule has 6 heteroatoms. The second-order valence-corrected chi connectivity index (χ2v) is 8.72. The van der Waals surface area contributed by atoms with E-state index in [1.807, 2.05) is 24.3 Å². The summed E-state index contributed by atoms with van der Waals surface area (Å²) < 4.78 is 14.0. The van der Waals surface area contributed by atoms with Crippen molar-refractivity contribution in [1.29, 1.82) is 5.41 Å². The Morgan fingerprint density at radius 3 is 2.31 bits per heavy atom. The molecule has 3 aromatic carbocycles. The van der Waals surface area contributed by atoms with Crippen LogP contribution < -0.4 is 5.73 Å². The molecule has 0 spiro atoms. The van der Waals surface area contributed by atoms with E-state index in [0.717, 1.165) is 40.7 Å². The van der Waals surface area contributed by atoms with Crippen molar-refractivity contribution >= 4 is 35.0 Å². The molecule has 0 bridgehead atoms. The van der Waals surface area contributed by atoms with Crippen LogP contribution in [0.4, 0.5) is 10.1 Å². The average Bonchev–Trinajstić information content (AvgIpc) is 3.37. The van der Waals surface area contributed by atoms with E-state index in [1.165, 1.54) is 18.3 Å². The first-order chi connectivity index (χ1) is 17.1. The minimum atomic E-state index is -1.03. The number of benzene rings is 3. The average molecular weight is 464 g/mol. The summed E-state index contributed by atoms with van der Waals surface area (Å²) in [7, 11) is 0. The van der Waals surface area contributed by atoms with Crippen molar-refractivity contribution in [2.24, 2.45) is 5.92 Å². The summed E-state index contributed by atoms with van der Waals surface area (Å²) in [5.41, 5.74) is 12.8. The fourth-order valence-electron chi connectivity index (χ4n) is 4.51. The summed E-state index contributed by atoms with van der Waals surface area (Å²) >= 11 is 0. The molecule has 0 atom stereocenters. The first kappa shape index (κ1) is 22.5. The molecule has 1 saturated carbocycles. The molecule has 0 unspecified atom stereocenters. The van der Waals surface area contributed by atoms with Crippen LogP contribution in [0.2, 0.25) is 0 Å². The summed E-state index contributed by atoms with van der Waals surface area (Å²) in [4.78, 5) is 4.12. The van der Waals surface area contributed by atoms with Crippen LogP contribution in [0.3, 0.4) is 0 Å². The van der Waals surface area contributed by atoms with Crippen molar-refractivity contribution in [2.75, 3.05) is 5.73 Å². The molecule has 5 nitrogen and oxygen atoms in total. The van der Waals surface area contributed by atoms with Crippen LogP contribution in [0.25, 0.3) is 23.3 Å². The molecule has 0 amide bonds. The highest BCUT2D eigenvalue weighted by atomic mass is 19.1. The molecular weight excluding hydrogens is 437 g/mol. The van der Waals surface area contributed by atoms with E-state index >= 15 is 0 Å². The number of aromatic amines is 1. The number of anilines is 1. The Labute approximate surface area is 203 Å². The van der Waals surface area contributed by atoms with Gasteiger partial charge in [-0.05, 0) is 70.4 Å². The lowest BCUT2D eigenvalue weighted by atomic mass is 9.73. The maximum absolute atomic E-state index is 14.0. The number of hydrogen-bond acceptors (Lipinski definition) is 4. The van der Waals surface area contributed by atoms with Crippen LogP contribution in [0.5, 0.6) is 0 Å². The van der Waals surface area contributed by atoms with E-state index in [9.17, 15) is 4.39 Å². The van der Waals surface area contributed by atoms with E-state index in [0.29, 0.717) is 11.7 Å². The van der Waals surface area contributed by atoms with Gasteiger partial charge in [0.15, 0.2) is 0 Å². The number of allylic oxidation sites excluding steroid dienone is 1. The second kappa shape index (κ2) is 9.89. The zero-order valence-electron chi connectivity index (χ0n) is 19.2. The molecule has 0 radical (unpaired) electrons. The van der Waals surface area contributed by atoms with Gasteiger partial charge in [0.1, 0.15) is 12.2 Å². The fraction of sp³-hybridized carbons (Fsp3) is 0.138. The van der Waals surface area contributed by atoms with E-state index in [-0.39, 0.29) is 11.3 Å². The highest BCUT2D eigenvalue weighted by molar-refractivity contribution is 6.03. The SMILES string of the molecule is N=C(F)c1cc(/C(=C(/c2ccccc2)C2CCC2)c2ccc(/C=C/c3ncn[nH]3)cc2)ccc1N. The molecule has 1 aliphatic carbocycles. The Kier molecular flexibility index (Phi) is 6.35. The third kappa shape index (κ3) is 4.82. The van der Waals surface area contributed by atoms with Gasteiger partial charge in [0, 0.05) is 5.69 Å². The molecule has 4 N–H and O–H groups in total. The molecule has 174 valence electrons. The van der Waals surface area contributed by atoms with Gasteiger partial charge in [-0.3, -0.25) is 10.5 Å². The van der Waals surface area contributed by atoms with E-state index in [2.05, 4.69) is 63.7 Å². The number of hydrogen-bond donors (Lipinski definition) is 3. The second-order valence-electron chi connectivity index (χ2n) is 8.72. The molecular formula is C29H26FN5. The highest BCUT2D eigenvalue weighted by Gasteiger charge is 2.27. The monoisotopic (exact) mass is 463 g/mol. The van der Waals surface area contributed by atoms with Crippen LogP contribution in [-0.2, 0) is 0 Å². The Morgan fingerprint density at radius 1 is 0.943 bits per heavy atom. The van der Waals surface area contributed by atoms with Crippen molar-refractivity contribution < 1.29 is 4.39 Å². The molecule has 1 heterocycles. The normalized spacial score (nSPS) is 14.5. The molecule has 4 aromatic rings. The predicted octanol–water partition coefficient (Wildman–Crippen LogP) is 6.61. The summed E-state index contributed by atoms with van der Waals surface area (Å²) in [6.07, 6.45) is 8.76. The van der Waals surface area contributed by atoms with Gasteiger partial charge in [-0.25, -0.2) is 4.98 Å². The number of aromatic nitrogens is 3. The zero-order chi connectivity index (χ0) is 24.2. The maximum atomic E-state index is 14.0. The highest BCUT2D eigenvalue weighted by Crippen LogP contribution is 2.45. The lowest BCUT2D eigenvalue weighted by Crippen LogP contribution is -2.15. The van der Waals surface area contributed by atoms with Crippen molar-refractivity contribution in [1.82, 2.24) is 15.2 Å². The smallest absolute Gasteiger partial charge is 0.214 e. The Bertz CT molecular complexity index is 1380. The Hall–Kier alpha value is -4.32. The van der Waals surface area contributed by atoms with Gasteiger partial charge in [0.05, 0.1) is 5.56 Å². The standard InChI is InChI=1S/C29H26FN5/c30-29(32)24-17-23(14-15-25(24)31)28(27(21-7-4-8-21)20-5-2-1-3-6-20)22-12-9-19(10-13-22)11-16-26-33-18-34-35-26/h1-3,5-6,9-18,21,32H,4,7-8,31H2,(H,33,34,35)/b16-11+,28-27-,32-29?. The molecule has 1 fully saturated rings. The quantitative estimate of drug-likeness (QED) is 0.164. The number of rotatable bonds is 7. The maximum Gasteiger partial charge on any atom is 0.214 e. The summed E-state index contributed by atoms with van der Waals surface area (Å²) in [5.74, 6) is 0.0832. The summed E-state index contributed by atoms with van der Waals surface area (Å²) in [6.45, 7) is 0. The molecule has 35 heavy (non-hydrogen) atoms. The number of nitrogens with one attached hydrogen (secondary N) is 2. The largest absolute Gasteiger partial charge is 0.398 e. The van der Waals surface area contributed by atoms with Gasteiger partial charge < -0.3 is 5.73 Å². The van der Waals surface area contributed by atoms with Crippen molar-refractivity contribution in [3.63, 3.8) is 0 Å². The van der Waals surface area contributed by atoms with Crippen molar-refractivity contribution in [2.45, 2.75) is 19.3 Å². The lowest BCUT2D eigenvalue weighted by Gasteiger charge is -2.31. The van der Waals surface area contributed by atoms with Gasteiger partial charge in [-0.1, -0.05) is 73.2 Å². The minimum Gasteiger partial charge on any atom is -0.398 e. The topological polar surface area (TPSA) is 91.4 Å². The van der Waals surface area contributed by atoms with Crippen LogP contribution in [0, 0.1) is 11.3 Å². The molecule has 5 rings (SSSR count). The third-order valence-corrected chi connectivity index (χ3v) is 6.51. The fourth-order valence-corrected chi connectivity index (χ4v) is 4.51. The number of H-pyrrole nitrogens is 1. The Balaban J connectivity index is 1.66.